The summed E-state index contributed by atoms with van der Waals surface area (Å²) in [6.45, 7) is 0.844. The molecule has 0 saturated carbocycles. The summed E-state index contributed by atoms with van der Waals surface area (Å²) in [5.41, 5.74) is 0.789. The Hall–Kier alpha value is -2.23. The molecule has 27 heavy (non-hydrogen) atoms. The number of aromatic nitrogens is 1. The predicted octanol–water partition coefficient (Wildman–Crippen LogP) is 3.89. The highest BCUT2D eigenvalue weighted by molar-refractivity contribution is 9.10. The zero-order valence-electron chi connectivity index (χ0n) is 14.1. The first-order chi connectivity index (χ1) is 13.0. The highest BCUT2D eigenvalue weighted by Crippen LogP contribution is 2.31. The highest BCUT2D eigenvalue weighted by Gasteiger charge is 2.12. The summed E-state index contributed by atoms with van der Waals surface area (Å²) in [6, 6.07) is 8.13. The van der Waals surface area contributed by atoms with Crippen LogP contribution in [0, 0.1) is 0 Å². The molecule has 0 unspecified atom stereocenters. The zero-order chi connectivity index (χ0) is 19.2. The van der Waals surface area contributed by atoms with E-state index < -0.39 is 0 Å². The van der Waals surface area contributed by atoms with Crippen LogP contribution in [0.25, 0.3) is 9.88 Å². The van der Waals surface area contributed by atoms with E-state index >= 15 is 0 Å². The van der Waals surface area contributed by atoms with Crippen molar-refractivity contribution in [3.05, 3.63) is 56.8 Å². The monoisotopic (exact) mass is 465 g/mol. The van der Waals surface area contributed by atoms with Crippen LogP contribution in [0.2, 0.25) is 0 Å². The summed E-state index contributed by atoms with van der Waals surface area (Å²) in [7, 11) is 0. The fourth-order valence-corrected chi connectivity index (χ4v) is 4.56. The molecular weight excluding hydrogens is 450 g/mol. The smallest absolute Gasteiger partial charge is 0.270 e. The molecule has 2 heterocycles. The van der Waals surface area contributed by atoms with Crippen molar-refractivity contribution < 1.29 is 14.7 Å². The molecule has 140 valence electrons. The number of carbonyl (C=O) groups is 2. The molecule has 2 amide bonds. The van der Waals surface area contributed by atoms with Gasteiger partial charge in [-0.2, -0.15) is 0 Å². The van der Waals surface area contributed by atoms with Crippen LogP contribution in [0.5, 0.6) is 5.75 Å². The van der Waals surface area contributed by atoms with E-state index in [0.29, 0.717) is 30.8 Å². The lowest BCUT2D eigenvalue weighted by molar-refractivity contribution is 0.0948. The third-order valence-corrected chi connectivity index (χ3v) is 6.25. The van der Waals surface area contributed by atoms with Gasteiger partial charge in [0.15, 0.2) is 0 Å². The number of carbonyl (C=O) groups excluding carboxylic acids is 2. The molecule has 0 saturated heterocycles. The van der Waals surface area contributed by atoms with E-state index in [1.54, 1.807) is 28.8 Å². The molecule has 0 aliphatic heterocycles. The summed E-state index contributed by atoms with van der Waals surface area (Å²) < 4.78 is 0.997. The number of aromatic hydroxyl groups is 1. The summed E-state index contributed by atoms with van der Waals surface area (Å²) in [4.78, 5) is 29.5. The van der Waals surface area contributed by atoms with E-state index in [0.717, 1.165) is 14.4 Å². The molecule has 3 rings (SSSR count). The summed E-state index contributed by atoms with van der Waals surface area (Å²) >= 11 is 6.41. The molecule has 0 aliphatic rings. The maximum atomic E-state index is 12.2. The lowest BCUT2D eigenvalue weighted by Crippen LogP contribution is -2.30. The van der Waals surface area contributed by atoms with Gasteiger partial charge in [-0.1, -0.05) is 6.07 Å². The van der Waals surface area contributed by atoms with E-state index in [1.165, 1.54) is 23.5 Å². The van der Waals surface area contributed by atoms with Gasteiger partial charge in [0.1, 0.15) is 16.5 Å². The number of benzene rings is 1. The number of halogens is 1. The number of rotatable bonds is 7. The van der Waals surface area contributed by atoms with Gasteiger partial charge >= 0.3 is 0 Å². The molecule has 0 atom stereocenters. The van der Waals surface area contributed by atoms with E-state index in [4.69, 9.17) is 0 Å². The van der Waals surface area contributed by atoms with Crippen molar-refractivity contribution >= 4 is 50.4 Å². The lowest BCUT2D eigenvalue weighted by atomic mass is 10.2. The van der Waals surface area contributed by atoms with Gasteiger partial charge in [-0.3, -0.25) is 9.59 Å². The molecule has 0 spiro atoms. The van der Waals surface area contributed by atoms with Crippen LogP contribution < -0.4 is 10.6 Å². The van der Waals surface area contributed by atoms with Crippen molar-refractivity contribution in [3.8, 4) is 15.6 Å². The van der Waals surface area contributed by atoms with Gasteiger partial charge in [-0.05, 0) is 46.6 Å². The Morgan fingerprint density at radius 3 is 2.56 bits per heavy atom. The fourth-order valence-electron chi connectivity index (χ4n) is 2.25. The van der Waals surface area contributed by atoms with E-state index in [9.17, 15) is 14.7 Å². The first-order valence-corrected chi connectivity index (χ1v) is 10.6. The Balaban J connectivity index is 1.41. The van der Waals surface area contributed by atoms with E-state index in [2.05, 4.69) is 31.5 Å². The van der Waals surface area contributed by atoms with Crippen molar-refractivity contribution in [2.24, 2.45) is 0 Å². The lowest BCUT2D eigenvalue weighted by Gasteiger charge is -2.06. The molecule has 0 bridgehead atoms. The Kier molecular flexibility index (Phi) is 6.59. The average molecular weight is 466 g/mol. The third kappa shape index (κ3) is 5.38. The van der Waals surface area contributed by atoms with Gasteiger partial charge in [-0.15, -0.1) is 22.7 Å². The first kappa shape index (κ1) is 19.5. The SMILES string of the molecule is O=C(NCCCNC(=O)c1csc(-c2cc(Br)cs2)n1)c1cccc(O)c1. The topological polar surface area (TPSA) is 91.3 Å². The minimum absolute atomic E-state index is 0.0486. The Bertz CT molecular complexity index is 955. The Labute approximate surface area is 172 Å². The number of hydrogen-bond acceptors (Lipinski definition) is 6. The number of thiophene rings is 1. The van der Waals surface area contributed by atoms with Gasteiger partial charge in [0.2, 0.25) is 0 Å². The highest BCUT2D eigenvalue weighted by atomic mass is 79.9. The number of amides is 2. The Morgan fingerprint density at radius 2 is 1.85 bits per heavy atom. The van der Waals surface area contributed by atoms with Crippen LogP contribution >= 0.6 is 38.6 Å². The summed E-state index contributed by atoms with van der Waals surface area (Å²) in [5, 5.41) is 19.5. The predicted molar refractivity (Wildman–Crippen MR) is 111 cm³/mol. The maximum absolute atomic E-state index is 12.2. The molecule has 3 aromatic rings. The van der Waals surface area contributed by atoms with Gasteiger partial charge < -0.3 is 15.7 Å². The van der Waals surface area contributed by atoms with E-state index in [-0.39, 0.29) is 17.6 Å². The van der Waals surface area contributed by atoms with Crippen molar-refractivity contribution in [3.63, 3.8) is 0 Å². The van der Waals surface area contributed by atoms with Crippen molar-refractivity contribution in [2.75, 3.05) is 13.1 Å². The van der Waals surface area contributed by atoms with Gasteiger partial charge in [0.25, 0.3) is 11.8 Å². The molecule has 2 aromatic heterocycles. The number of nitrogens with zero attached hydrogens (tertiary/aromatic N) is 1. The summed E-state index contributed by atoms with van der Waals surface area (Å²) in [5.74, 6) is -0.441. The van der Waals surface area contributed by atoms with Crippen LogP contribution in [0.1, 0.15) is 27.3 Å². The minimum Gasteiger partial charge on any atom is -0.508 e. The molecular formula is C18H16BrN3O3S2. The molecule has 1 aromatic carbocycles. The molecule has 9 heteroatoms. The minimum atomic E-state index is -0.261. The van der Waals surface area contributed by atoms with Crippen molar-refractivity contribution in [1.29, 1.82) is 0 Å². The second kappa shape index (κ2) is 9.12. The number of phenols is 1. The van der Waals surface area contributed by atoms with Crippen LogP contribution in [0.15, 0.2) is 45.6 Å². The molecule has 6 nitrogen and oxygen atoms in total. The maximum Gasteiger partial charge on any atom is 0.270 e. The Morgan fingerprint density at radius 1 is 1.07 bits per heavy atom. The quantitative estimate of drug-likeness (QED) is 0.461. The van der Waals surface area contributed by atoms with Gasteiger partial charge in [-0.25, -0.2) is 4.98 Å². The largest absolute Gasteiger partial charge is 0.508 e. The van der Waals surface area contributed by atoms with Crippen LogP contribution in [-0.4, -0.2) is 35.0 Å². The third-order valence-electron chi connectivity index (χ3n) is 3.55. The van der Waals surface area contributed by atoms with Crippen LogP contribution in [-0.2, 0) is 0 Å². The first-order valence-electron chi connectivity index (χ1n) is 8.08. The second-order valence-electron chi connectivity index (χ2n) is 5.58. The molecule has 0 aliphatic carbocycles. The fraction of sp³-hybridized carbons (Fsp3) is 0.167. The zero-order valence-corrected chi connectivity index (χ0v) is 17.3. The molecule has 0 radical (unpaired) electrons. The number of phenolic OH excluding ortho intramolecular Hbond substituents is 1. The number of nitrogens with one attached hydrogen (secondary N) is 2. The van der Waals surface area contributed by atoms with Crippen molar-refractivity contribution in [2.45, 2.75) is 6.42 Å². The second-order valence-corrected chi connectivity index (χ2v) is 8.27. The summed E-state index contributed by atoms with van der Waals surface area (Å²) in [6.07, 6.45) is 0.588. The number of hydrogen-bond donors (Lipinski definition) is 3. The van der Waals surface area contributed by atoms with Crippen molar-refractivity contribution in [1.82, 2.24) is 15.6 Å². The van der Waals surface area contributed by atoms with Gasteiger partial charge in [0, 0.05) is 33.9 Å². The van der Waals surface area contributed by atoms with Gasteiger partial charge in [0.05, 0.1) is 4.88 Å². The van der Waals surface area contributed by atoms with Crippen LogP contribution in [0.3, 0.4) is 0 Å². The molecule has 3 N–H and O–H groups in total. The number of thiazole rings is 1. The van der Waals surface area contributed by atoms with E-state index in [1.807, 2.05) is 11.4 Å². The molecule has 0 fully saturated rings. The normalized spacial score (nSPS) is 10.6. The standard InChI is InChI=1S/C18H16BrN3O3S2/c19-12-8-15(26-9-12)18-22-14(10-27-18)17(25)21-6-2-5-20-16(24)11-3-1-4-13(23)7-11/h1,3-4,7-10,23H,2,5-6H2,(H,20,24)(H,21,25). The van der Waals surface area contributed by atoms with Crippen LogP contribution in [0.4, 0.5) is 0 Å². The average Bonchev–Trinajstić information content (AvgIpc) is 3.30.